The highest BCUT2D eigenvalue weighted by molar-refractivity contribution is 6.31. The molecule has 1 aliphatic heterocycles. The summed E-state index contributed by atoms with van der Waals surface area (Å²) in [7, 11) is 2.90. The number of ether oxygens (including phenoxy) is 3. The van der Waals surface area contributed by atoms with E-state index in [0.29, 0.717) is 48.7 Å². The van der Waals surface area contributed by atoms with Crippen LogP contribution < -0.4 is 15.1 Å². The van der Waals surface area contributed by atoms with Gasteiger partial charge in [0.2, 0.25) is 5.43 Å². The number of anilines is 1. The fourth-order valence-corrected chi connectivity index (χ4v) is 4.82. The number of aromatic carboxylic acids is 1. The molecular formula is C26H28ClFN2O7. The molecule has 1 saturated heterocycles. The standard InChI is InChI=1S/C26H28ClFN2O7/c1-35-14-18(13-31)30-12-20(26(33)34)25(32)19-9-15(23(36-2)11-22(19)30)7-16-8-17(10-21(27)24(16)28)29-3-5-37-6-4-29/h8-12,18,31H,3-7,13-14H2,1-2H3,(H,33,34). The van der Waals surface area contributed by atoms with Gasteiger partial charge in [-0.25, -0.2) is 9.18 Å². The fourth-order valence-electron chi connectivity index (χ4n) is 4.59. The quantitative estimate of drug-likeness (QED) is 0.431. The number of rotatable bonds is 9. The number of aromatic nitrogens is 1. The molecule has 198 valence electrons. The number of carboxylic acid groups (broad SMARTS) is 1. The molecular weight excluding hydrogens is 507 g/mol. The Kier molecular flexibility index (Phi) is 8.33. The van der Waals surface area contributed by atoms with E-state index < -0.39 is 28.8 Å². The number of halogens is 2. The lowest BCUT2D eigenvalue weighted by Gasteiger charge is -2.29. The van der Waals surface area contributed by atoms with Gasteiger partial charge in [-0.15, -0.1) is 0 Å². The number of fused-ring (bicyclic) bond motifs is 1. The van der Waals surface area contributed by atoms with Crippen LogP contribution in [0.3, 0.4) is 0 Å². The van der Waals surface area contributed by atoms with Crippen LogP contribution in [-0.4, -0.2) is 74.5 Å². The molecule has 2 N–H and O–H groups in total. The molecule has 0 aliphatic carbocycles. The summed E-state index contributed by atoms with van der Waals surface area (Å²) in [6.07, 6.45) is 1.23. The summed E-state index contributed by atoms with van der Waals surface area (Å²) in [5, 5.41) is 19.6. The van der Waals surface area contributed by atoms with E-state index in [1.54, 1.807) is 18.2 Å². The highest BCUT2D eigenvalue weighted by atomic mass is 35.5. The number of carbonyl (C=O) groups is 1. The van der Waals surface area contributed by atoms with Crippen molar-refractivity contribution >= 4 is 34.2 Å². The van der Waals surface area contributed by atoms with Crippen molar-refractivity contribution in [2.24, 2.45) is 0 Å². The summed E-state index contributed by atoms with van der Waals surface area (Å²) in [6, 6.07) is 5.73. The third-order valence-electron chi connectivity index (χ3n) is 6.47. The highest BCUT2D eigenvalue weighted by Gasteiger charge is 2.22. The van der Waals surface area contributed by atoms with E-state index in [1.165, 1.54) is 31.0 Å². The molecule has 0 saturated carbocycles. The van der Waals surface area contributed by atoms with Gasteiger partial charge >= 0.3 is 5.97 Å². The average Bonchev–Trinajstić information content (AvgIpc) is 2.90. The van der Waals surface area contributed by atoms with Crippen LogP contribution in [0.4, 0.5) is 10.1 Å². The van der Waals surface area contributed by atoms with Gasteiger partial charge in [-0.05, 0) is 29.3 Å². The van der Waals surface area contributed by atoms with Crippen molar-refractivity contribution < 1.29 is 33.6 Å². The van der Waals surface area contributed by atoms with E-state index in [2.05, 4.69) is 4.90 Å². The van der Waals surface area contributed by atoms with Gasteiger partial charge in [0.25, 0.3) is 0 Å². The van der Waals surface area contributed by atoms with Gasteiger partial charge in [0, 0.05) is 50.0 Å². The van der Waals surface area contributed by atoms with Crippen molar-refractivity contribution in [1.29, 1.82) is 0 Å². The molecule has 1 atom stereocenters. The van der Waals surface area contributed by atoms with Crippen LogP contribution in [0.1, 0.15) is 27.5 Å². The number of aliphatic hydroxyl groups is 1. The highest BCUT2D eigenvalue weighted by Crippen LogP contribution is 2.33. The second kappa shape index (κ2) is 11.5. The molecule has 2 heterocycles. The van der Waals surface area contributed by atoms with E-state index in [1.807, 2.05) is 0 Å². The van der Waals surface area contributed by atoms with Gasteiger partial charge in [-0.2, -0.15) is 0 Å². The molecule has 2 aromatic carbocycles. The summed E-state index contributed by atoms with van der Waals surface area (Å²) in [5.74, 6) is -1.62. The van der Waals surface area contributed by atoms with Crippen LogP contribution in [0.2, 0.25) is 5.02 Å². The zero-order chi connectivity index (χ0) is 26.7. The maximum atomic E-state index is 15.1. The van der Waals surface area contributed by atoms with Crippen molar-refractivity contribution in [2.45, 2.75) is 12.5 Å². The topological polar surface area (TPSA) is 110 Å². The van der Waals surface area contributed by atoms with E-state index in [4.69, 9.17) is 25.8 Å². The van der Waals surface area contributed by atoms with E-state index in [0.717, 1.165) is 5.69 Å². The number of hydrogen-bond donors (Lipinski definition) is 2. The zero-order valence-electron chi connectivity index (χ0n) is 20.5. The number of aliphatic hydroxyl groups excluding tert-OH is 1. The molecule has 3 aromatic rings. The maximum Gasteiger partial charge on any atom is 0.341 e. The Hall–Kier alpha value is -3.18. The SMILES string of the molecule is COCC(CO)n1cc(C(=O)O)c(=O)c2cc(Cc3cc(N4CCOCC4)cc(Cl)c3F)c(OC)cc21. The molecule has 0 spiro atoms. The van der Waals surface area contributed by atoms with Gasteiger partial charge in [0.1, 0.15) is 17.1 Å². The van der Waals surface area contributed by atoms with Crippen LogP contribution in [0.5, 0.6) is 5.75 Å². The lowest BCUT2D eigenvalue weighted by atomic mass is 9.99. The number of morpholine rings is 1. The minimum absolute atomic E-state index is 0.0281. The van der Waals surface area contributed by atoms with Crippen LogP contribution in [0.15, 0.2) is 35.3 Å². The normalized spacial score (nSPS) is 14.7. The first kappa shape index (κ1) is 26.9. The number of pyridine rings is 1. The molecule has 1 aromatic heterocycles. The van der Waals surface area contributed by atoms with Crippen LogP contribution in [-0.2, 0) is 15.9 Å². The molecule has 1 fully saturated rings. The third kappa shape index (κ3) is 5.42. The second-order valence-corrected chi connectivity index (χ2v) is 9.14. The van der Waals surface area contributed by atoms with E-state index in [-0.39, 0.29) is 30.0 Å². The molecule has 9 nitrogen and oxygen atoms in total. The molecule has 1 unspecified atom stereocenters. The lowest BCUT2D eigenvalue weighted by molar-refractivity contribution is 0.0692. The van der Waals surface area contributed by atoms with Crippen molar-refractivity contribution in [3.8, 4) is 5.75 Å². The lowest BCUT2D eigenvalue weighted by Crippen LogP contribution is -2.36. The Labute approximate surface area is 217 Å². The van der Waals surface area contributed by atoms with Crippen LogP contribution >= 0.6 is 11.6 Å². The molecule has 0 radical (unpaired) electrons. The zero-order valence-corrected chi connectivity index (χ0v) is 21.3. The van der Waals surface area contributed by atoms with E-state index in [9.17, 15) is 19.8 Å². The summed E-state index contributed by atoms with van der Waals surface area (Å²) < 4.78 is 32.8. The van der Waals surface area contributed by atoms with Gasteiger partial charge in [-0.1, -0.05) is 11.6 Å². The number of hydrogen-bond acceptors (Lipinski definition) is 7. The largest absolute Gasteiger partial charge is 0.496 e. The third-order valence-corrected chi connectivity index (χ3v) is 6.75. The second-order valence-electron chi connectivity index (χ2n) is 8.73. The van der Waals surface area contributed by atoms with Crippen molar-refractivity contribution in [1.82, 2.24) is 4.57 Å². The van der Waals surface area contributed by atoms with Crippen molar-refractivity contribution in [2.75, 3.05) is 58.6 Å². The van der Waals surface area contributed by atoms with Gasteiger partial charge in [-0.3, -0.25) is 4.79 Å². The Morgan fingerprint density at radius 1 is 1.19 bits per heavy atom. The first-order chi connectivity index (χ1) is 17.8. The Bertz CT molecular complexity index is 1370. The maximum absolute atomic E-state index is 15.1. The van der Waals surface area contributed by atoms with Gasteiger partial charge in [0.15, 0.2) is 0 Å². The Balaban J connectivity index is 1.87. The van der Waals surface area contributed by atoms with Crippen LogP contribution in [0.25, 0.3) is 10.9 Å². The minimum atomic E-state index is -1.40. The average molecular weight is 535 g/mol. The van der Waals surface area contributed by atoms with Gasteiger partial charge < -0.3 is 33.9 Å². The summed E-state index contributed by atoms with van der Waals surface area (Å²) in [6.45, 7) is 2.12. The van der Waals surface area contributed by atoms with Gasteiger partial charge in [0.05, 0.1) is 50.1 Å². The minimum Gasteiger partial charge on any atom is -0.496 e. The Morgan fingerprint density at radius 3 is 2.54 bits per heavy atom. The summed E-state index contributed by atoms with van der Waals surface area (Å²) in [5.41, 5.74) is 0.730. The Morgan fingerprint density at radius 2 is 1.92 bits per heavy atom. The number of nitrogens with zero attached hydrogens (tertiary/aromatic N) is 2. The molecule has 11 heteroatoms. The predicted octanol–water partition coefficient (Wildman–Crippen LogP) is 3.11. The predicted molar refractivity (Wildman–Crippen MR) is 137 cm³/mol. The van der Waals surface area contributed by atoms with Crippen molar-refractivity contribution in [3.05, 3.63) is 68.2 Å². The number of benzene rings is 2. The summed E-state index contributed by atoms with van der Waals surface area (Å²) >= 11 is 6.24. The molecule has 4 rings (SSSR count). The molecule has 0 amide bonds. The van der Waals surface area contributed by atoms with Crippen LogP contribution in [0, 0.1) is 5.82 Å². The van der Waals surface area contributed by atoms with Crippen molar-refractivity contribution in [3.63, 3.8) is 0 Å². The summed E-state index contributed by atoms with van der Waals surface area (Å²) in [4.78, 5) is 27.0. The monoisotopic (exact) mass is 534 g/mol. The molecule has 0 bridgehead atoms. The smallest absolute Gasteiger partial charge is 0.341 e. The number of carboxylic acids is 1. The first-order valence-electron chi connectivity index (χ1n) is 11.7. The fraction of sp³-hybridized carbons (Fsp3) is 0.385. The molecule has 1 aliphatic rings. The number of methoxy groups -OCH3 is 2. The van der Waals surface area contributed by atoms with E-state index >= 15 is 4.39 Å². The molecule has 37 heavy (non-hydrogen) atoms. The first-order valence-corrected chi connectivity index (χ1v) is 12.1.